The van der Waals surface area contributed by atoms with Gasteiger partial charge >= 0.3 is 6.03 Å². The van der Waals surface area contributed by atoms with Crippen LogP contribution in [-0.2, 0) is 10.5 Å². The molecule has 172 valence electrons. The van der Waals surface area contributed by atoms with Gasteiger partial charge in [-0.25, -0.2) is 4.79 Å². The van der Waals surface area contributed by atoms with E-state index in [9.17, 15) is 14.7 Å². The third-order valence-corrected chi connectivity index (χ3v) is 6.54. The molecule has 3 rings (SSSR count). The van der Waals surface area contributed by atoms with Crippen molar-refractivity contribution in [2.75, 3.05) is 36.4 Å². The Bertz CT molecular complexity index is 999. The molecule has 0 aromatic heterocycles. The zero-order valence-corrected chi connectivity index (χ0v) is 19.9. The third kappa shape index (κ3) is 4.71. The monoisotopic (exact) mass is 479 g/mol. The molecule has 1 aliphatic rings. The van der Waals surface area contributed by atoms with Crippen LogP contribution in [0.4, 0.5) is 16.2 Å². The highest BCUT2D eigenvalue weighted by Crippen LogP contribution is 2.41. The summed E-state index contributed by atoms with van der Waals surface area (Å²) in [6, 6.07) is 10.5. The number of halogens is 2. The van der Waals surface area contributed by atoms with Crippen molar-refractivity contribution >= 4 is 46.5 Å². The van der Waals surface area contributed by atoms with Gasteiger partial charge in [-0.1, -0.05) is 48.3 Å². The fraction of sp³-hybridized carbons (Fsp3) is 0.391. The van der Waals surface area contributed by atoms with Gasteiger partial charge in [0.05, 0.1) is 41.1 Å². The number of aliphatic hydroxyl groups is 1. The van der Waals surface area contributed by atoms with Crippen molar-refractivity contribution < 1.29 is 19.6 Å². The fourth-order valence-corrected chi connectivity index (χ4v) is 4.27. The lowest BCUT2D eigenvalue weighted by Gasteiger charge is -2.42. The molecule has 4 N–H and O–H groups in total. The van der Waals surface area contributed by atoms with Crippen molar-refractivity contribution in [1.29, 1.82) is 0 Å². The quantitative estimate of drug-likeness (QED) is 0.469. The Morgan fingerprint density at radius 2 is 1.88 bits per heavy atom. The second-order valence-corrected chi connectivity index (χ2v) is 8.87. The molecule has 9 heteroatoms. The van der Waals surface area contributed by atoms with E-state index in [1.54, 1.807) is 24.3 Å². The number of hydrogen-bond donors (Lipinski definition) is 4. The van der Waals surface area contributed by atoms with Crippen LogP contribution in [0, 0.1) is 5.92 Å². The first-order valence-corrected chi connectivity index (χ1v) is 11.5. The second-order valence-electron chi connectivity index (χ2n) is 8.06. The molecule has 0 spiro atoms. The summed E-state index contributed by atoms with van der Waals surface area (Å²) >= 11 is 12.2. The Hall–Kier alpha value is -2.32. The number of urea groups is 1. The highest BCUT2D eigenvalue weighted by molar-refractivity contribution is 6.42. The summed E-state index contributed by atoms with van der Waals surface area (Å²) in [6.07, 6.45) is 0. The maximum Gasteiger partial charge on any atom is 0.329 e. The number of fused-ring (bicyclic) bond motifs is 1. The van der Waals surface area contributed by atoms with Crippen LogP contribution < -0.4 is 20.4 Å². The van der Waals surface area contributed by atoms with E-state index in [1.165, 1.54) is 23.1 Å². The average molecular weight is 480 g/mol. The predicted molar refractivity (Wildman–Crippen MR) is 127 cm³/mol. The van der Waals surface area contributed by atoms with Crippen molar-refractivity contribution in [3.63, 3.8) is 0 Å². The maximum absolute atomic E-state index is 13.4. The molecular weight excluding hydrogens is 451 g/mol. The highest BCUT2D eigenvalue weighted by Gasteiger charge is 2.52. The molecular formula is C23H29Cl2N4O3+. The molecule has 0 saturated carbocycles. The van der Waals surface area contributed by atoms with Gasteiger partial charge in [-0.05, 0) is 38.1 Å². The molecule has 2 aromatic rings. The molecule has 0 fully saturated rings. The van der Waals surface area contributed by atoms with E-state index >= 15 is 0 Å². The summed E-state index contributed by atoms with van der Waals surface area (Å²) in [7, 11) is 0. The molecule has 2 atom stereocenters. The summed E-state index contributed by atoms with van der Waals surface area (Å²) in [5.74, 6) is -0.504. The van der Waals surface area contributed by atoms with E-state index in [-0.39, 0.29) is 22.2 Å². The van der Waals surface area contributed by atoms with Gasteiger partial charge in [-0.15, -0.1) is 0 Å². The lowest BCUT2D eigenvalue weighted by atomic mass is 9.94. The Balaban J connectivity index is 1.96. The van der Waals surface area contributed by atoms with Crippen molar-refractivity contribution in [3.05, 3.63) is 58.1 Å². The summed E-state index contributed by atoms with van der Waals surface area (Å²) in [5, 5.41) is 17.9. The van der Waals surface area contributed by atoms with E-state index in [0.717, 1.165) is 24.5 Å². The van der Waals surface area contributed by atoms with Crippen LogP contribution in [0.15, 0.2) is 42.5 Å². The van der Waals surface area contributed by atoms with Gasteiger partial charge in [0.25, 0.3) is 11.6 Å². The van der Waals surface area contributed by atoms with Crippen LogP contribution in [0.3, 0.4) is 0 Å². The average Bonchev–Trinajstić information content (AvgIpc) is 2.78. The molecule has 0 bridgehead atoms. The summed E-state index contributed by atoms with van der Waals surface area (Å²) in [5.41, 5.74) is -1.39. The van der Waals surface area contributed by atoms with E-state index in [0.29, 0.717) is 17.3 Å². The van der Waals surface area contributed by atoms with Crippen LogP contribution in [-0.4, -0.2) is 43.2 Å². The van der Waals surface area contributed by atoms with Gasteiger partial charge in [-0.3, -0.25) is 9.69 Å². The first-order valence-electron chi connectivity index (χ1n) is 10.7. The Kier molecular flexibility index (Phi) is 7.67. The lowest BCUT2D eigenvalue weighted by molar-refractivity contribution is -0.899. The molecule has 2 aromatic carbocycles. The van der Waals surface area contributed by atoms with Gasteiger partial charge in [-0.2, -0.15) is 0 Å². The number of nitrogens with zero attached hydrogens (tertiary/aromatic N) is 1. The van der Waals surface area contributed by atoms with Gasteiger partial charge in [0, 0.05) is 18.0 Å². The van der Waals surface area contributed by atoms with Crippen molar-refractivity contribution in [2.45, 2.75) is 26.5 Å². The number of para-hydroxylation sites is 1. The summed E-state index contributed by atoms with van der Waals surface area (Å²) in [6.45, 7) is 9.55. The van der Waals surface area contributed by atoms with Gasteiger partial charge in [0.1, 0.15) is 0 Å². The molecule has 0 radical (unpaired) electrons. The Morgan fingerprint density at radius 1 is 1.19 bits per heavy atom. The molecule has 1 aliphatic heterocycles. The zero-order chi connectivity index (χ0) is 23.5. The first-order chi connectivity index (χ1) is 15.2. The lowest BCUT2D eigenvalue weighted by Crippen LogP contribution is -3.12. The van der Waals surface area contributed by atoms with E-state index < -0.39 is 17.7 Å². The van der Waals surface area contributed by atoms with Crippen LogP contribution in [0.5, 0.6) is 0 Å². The number of hydrogen-bond acceptors (Lipinski definition) is 3. The number of carbonyl (C=O) groups excluding carboxylic acids is 2. The van der Waals surface area contributed by atoms with Gasteiger partial charge in [0.15, 0.2) is 0 Å². The Morgan fingerprint density at radius 3 is 2.53 bits per heavy atom. The van der Waals surface area contributed by atoms with Gasteiger partial charge in [0.2, 0.25) is 0 Å². The summed E-state index contributed by atoms with van der Waals surface area (Å²) < 4.78 is 0. The minimum absolute atomic E-state index is 0.184. The number of quaternary nitrogens is 1. The largest absolute Gasteiger partial charge is 0.359 e. The predicted octanol–water partition coefficient (Wildman–Crippen LogP) is 2.87. The molecule has 2 unspecified atom stereocenters. The standard InChI is InChI=1S/C23H28Cl2N4O3/c1-4-28(5-2)14-15(3)13-26-21(30)23(32)17-8-6-7-9-20(17)27-22(31)29(23)16-10-11-18(24)19(25)12-16/h6-12,15,32H,4-5,13-14H2,1-3H3,(H,26,30)(H,27,31)/p+1. The first kappa shape index (κ1) is 24.3. The smallest absolute Gasteiger partial charge is 0.329 e. The minimum atomic E-state index is -2.27. The van der Waals surface area contributed by atoms with Crippen molar-refractivity contribution in [2.24, 2.45) is 5.92 Å². The SMILES string of the molecule is CC[NH+](CC)CC(C)CNC(=O)C1(O)c2ccccc2NC(=O)N1c1ccc(Cl)c(Cl)c1. The van der Waals surface area contributed by atoms with Crippen LogP contribution in [0.1, 0.15) is 26.3 Å². The normalized spacial score (nSPS) is 18.8. The fourth-order valence-electron chi connectivity index (χ4n) is 3.98. The Labute approximate surface area is 198 Å². The maximum atomic E-state index is 13.4. The number of rotatable bonds is 8. The second kappa shape index (κ2) is 10.1. The summed E-state index contributed by atoms with van der Waals surface area (Å²) in [4.78, 5) is 28.9. The minimum Gasteiger partial charge on any atom is -0.359 e. The van der Waals surface area contributed by atoms with E-state index in [4.69, 9.17) is 23.2 Å². The molecule has 7 nitrogen and oxygen atoms in total. The number of benzene rings is 2. The zero-order valence-electron chi connectivity index (χ0n) is 18.4. The highest BCUT2D eigenvalue weighted by atomic mass is 35.5. The molecule has 1 heterocycles. The molecule has 0 aliphatic carbocycles. The van der Waals surface area contributed by atoms with E-state index in [1.807, 2.05) is 6.92 Å². The van der Waals surface area contributed by atoms with Gasteiger partial charge < -0.3 is 20.6 Å². The van der Waals surface area contributed by atoms with Crippen LogP contribution in [0.25, 0.3) is 0 Å². The number of carbonyl (C=O) groups is 2. The van der Waals surface area contributed by atoms with E-state index in [2.05, 4.69) is 24.5 Å². The number of anilines is 2. The van der Waals surface area contributed by atoms with Crippen molar-refractivity contribution in [3.8, 4) is 0 Å². The number of amides is 3. The molecule has 0 saturated heterocycles. The van der Waals surface area contributed by atoms with Crippen LogP contribution >= 0.6 is 23.2 Å². The third-order valence-electron chi connectivity index (χ3n) is 5.80. The molecule has 32 heavy (non-hydrogen) atoms. The van der Waals surface area contributed by atoms with Crippen LogP contribution in [0.2, 0.25) is 10.0 Å². The molecule has 3 amide bonds. The number of nitrogens with one attached hydrogen (secondary N) is 3. The topological polar surface area (TPSA) is 86.1 Å². The van der Waals surface area contributed by atoms with Crippen molar-refractivity contribution in [1.82, 2.24) is 5.32 Å².